The molecule has 2 aromatic heterocycles. The highest BCUT2D eigenvalue weighted by atomic mass is 15.3. The number of aryl methyl sites for hydroxylation is 2. The highest BCUT2D eigenvalue weighted by Crippen LogP contribution is 2.36. The van der Waals surface area contributed by atoms with E-state index in [1.807, 2.05) is 17.8 Å². The van der Waals surface area contributed by atoms with E-state index < -0.39 is 0 Å². The monoisotopic (exact) mass is 364 g/mol. The van der Waals surface area contributed by atoms with Gasteiger partial charge in [-0.1, -0.05) is 42.5 Å². The summed E-state index contributed by atoms with van der Waals surface area (Å²) in [6.45, 7) is 4.37. The molecule has 0 aliphatic carbocycles. The van der Waals surface area contributed by atoms with Gasteiger partial charge in [-0.05, 0) is 30.5 Å². The summed E-state index contributed by atoms with van der Waals surface area (Å²) in [5.41, 5.74) is 7.11. The predicted octanol–water partition coefficient (Wildman–Crippen LogP) is 5.29. The lowest BCUT2D eigenvalue weighted by Gasteiger charge is -2.13. The minimum atomic E-state index is 1.03. The van der Waals surface area contributed by atoms with Crippen molar-refractivity contribution in [1.29, 1.82) is 0 Å². The van der Waals surface area contributed by atoms with Crippen molar-refractivity contribution in [2.75, 3.05) is 0 Å². The molecule has 0 amide bonds. The maximum atomic E-state index is 4.74. The number of benzene rings is 3. The van der Waals surface area contributed by atoms with E-state index in [0.29, 0.717) is 0 Å². The van der Waals surface area contributed by atoms with Crippen LogP contribution in [-0.2, 0) is 7.05 Å². The van der Waals surface area contributed by atoms with Crippen molar-refractivity contribution in [2.45, 2.75) is 13.8 Å². The minimum Gasteiger partial charge on any atom is -0.267 e. The maximum absolute atomic E-state index is 4.74. The summed E-state index contributed by atoms with van der Waals surface area (Å²) in [4.78, 5) is 0. The summed E-state index contributed by atoms with van der Waals surface area (Å²) >= 11 is 0. The number of nitrogens with zero attached hydrogens (tertiary/aromatic N) is 3. The highest BCUT2D eigenvalue weighted by Gasteiger charge is 2.23. The summed E-state index contributed by atoms with van der Waals surface area (Å²) in [5.74, 6) is 0. The van der Waals surface area contributed by atoms with E-state index in [0.717, 1.165) is 11.2 Å². The van der Waals surface area contributed by atoms with Crippen molar-refractivity contribution in [3.8, 4) is 16.9 Å². The molecule has 0 fully saturated rings. The molecular formula is C25H22N3+. The SMILES string of the molecule is Cc1c(-c2c3ccccc3nn2C)cc2ccccc2c1-[n+]1ccccc1C. The fraction of sp³-hybridized carbons (Fsp3) is 0.120. The molecule has 3 nitrogen and oxygen atoms in total. The van der Waals surface area contributed by atoms with Crippen molar-refractivity contribution in [2.24, 2.45) is 7.05 Å². The molecule has 2 heterocycles. The Labute approximate surface area is 164 Å². The fourth-order valence-electron chi connectivity index (χ4n) is 4.23. The number of fused-ring (bicyclic) bond motifs is 2. The average Bonchev–Trinajstić information content (AvgIpc) is 3.04. The van der Waals surface area contributed by atoms with Gasteiger partial charge in [0, 0.05) is 42.6 Å². The molecule has 136 valence electrons. The molecule has 28 heavy (non-hydrogen) atoms. The fourth-order valence-corrected chi connectivity index (χ4v) is 4.23. The van der Waals surface area contributed by atoms with E-state index in [1.165, 1.54) is 38.7 Å². The van der Waals surface area contributed by atoms with Gasteiger partial charge in [0.1, 0.15) is 0 Å². The van der Waals surface area contributed by atoms with Crippen LogP contribution in [0.4, 0.5) is 0 Å². The number of hydrogen-bond acceptors (Lipinski definition) is 1. The van der Waals surface area contributed by atoms with Gasteiger partial charge in [-0.25, -0.2) is 0 Å². The molecule has 0 saturated carbocycles. The molecule has 0 atom stereocenters. The Bertz CT molecular complexity index is 1350. The average molecular weight is 364 g/mol. The summed E-state index contributed by atoms with van der Waals surface area (Å²) in [6, 6.07) is 25.6. The molecule has 0 saturated heterocycles. The first-order valence-electron chi connectivity index (χ1n) is 9.57. The van der Waals surface area contributed by atoms with Gasteiger partial charge < -0.3 is 0 Å². The molecule has 0 unspecified atom stereocenters. The van der Waals surface area contributed by atoms with Crippen LogP contribution in [-0.4, -0.2) is 9.78 Å². The Morgan fingerprint density at radius 2 is 1.54 bits per heavy atom. The predicted molar refractivity (Wildman–Crippen MR) is 115 cm³/mol. The Morgan fingerprint density at radius 3 is 2.36 bits per heavy atom. The molecule has 5 rings (SSSR count). The lowest BCUT2D eigenvalue weighted by atomic mass is 9.95. The number of pyridine rings is 1. The van der Waals surface area contributed by atoms with Gasteiger partial charge in [0.25, 0.3) is 0 Å². The second kappa shape index (κ2) is 6.31. The van der Waals surface area contributed by atoms with Gasteiger partial charge in [0.2, 0.25) is 5.69 Å². The van der Waals surface area contributed by atoms with E-state index in [1.54, 1.807) is 0 Å². The Hall–Kier alpha value is -3.46. The van der Waals surface area contributed by atoms with Gasteiger partial charge in [-0.3, -0.25) is 4.68 Å². The van der Waals surface area contributed by atoms with Crippen LogP contribution in [0.1, 0.15) is 11.3 Å². The third-order valence-corrected chi connectivity index (χ3v) is 5.58. The van der Waals surface area contributed by atoms with Crippen LogP contribution in [0.2, 0.25) is 0 Å². The van der Waals surface area contributed by atoms with E-state index in [9.17, 15) is 0 Å². The molecule has 5 aromatic rings. The Balaban J connectivity index is 1.93. The number of hydrogen-bond donors (Lipinski definition) is 0. The third-order valence-electron chi connectivity index (χ3n) is 5.58. The lowest BCUT2D eigenvalue weighted by Crippen LogP contribution is -2.34. The van der Waals surface area contributed by atoms with E-state index in [4.69, 9.17) is 5.10 Å². The highest BCUT2D eigenvalue weighted by molar-refractivity contribution is 6.00. The molecule has 0 radical (unpaired) electrons. The van der Waals surface area contributed by atoms with Crippen LogP contribution in [0.5, 0.6) is 0 Å². The van der Waals surface area contributed by atoms with Crippen molar-refractivity contribution in [3.05, 3.63) is 90.3 Å². The van der Waals surface area contributed by atoms with Crippen LogP contribution in [0.15, 0.2) is 79.0 Å². The molecule has 0 aliphatic heterocycles. The first kappa shape index (κ1) is 16.7. The lowest BCUT2D eigenvalue weighted by molar-refractivity contribution is -0.601. The second-order valence-electron chi connectivity index (χ2n) is 7.32. The topological polar surface area (TPSA) is 21.7 Å². The number of rotatable bonds is 2. The van der Waals surface area contributed by atoms with E-state index in [-0.39, 0.29) is 0 Å². The molecule has 3 heteroatoms. The van der Waals surface area contributed by atoms with Crippen molar-refractivity contribution in [1.82, 2.24) is 9.78 Å². The zero-order valence-corrected chi connectivity index (χ0v) is 16.3. The molecule has 0 bridgehead atoms. The summed E-state index contributed by atoms with van der Waals surface area (Å²) in [5, 5.41) is 8.42. The maximum Gasteiger partial charge on any atom is 0.222 e. The molecular weight excluding hydrogens is 342 g/mol. The zero-order valence-electron chi connectivity index (χ0n) is 16.3. The first-order valence-corrected chi connectivity index (χ1v) is 9.57. The second-order valence-corrected chi connectivity index (χ2v) is 7.32. The van der Waals surface area contributed by atoms with Crippen LogP contribution >= 0.6 is 0 Å². The van der Waals surface area contributed by atoms with Crippen molar-refractivity contribution >= 4 is 21.7 Å². The normalized spacial score (nSPS) is 11.4. The van der Waals surface area contributed by atoms with E-state index in [2.05, 4.69) is 91.3 Å². The van der Waals surface area contributed by atoms with Gasteiger partial charge in [0.15, 0.2) is 11.9 Å². The summed E-state index contributed by atoms with van der Waals surface area (Å²) in [6.07, 6.45) is 2.15. The Kier molecular flexibility index (Phi) is 3.76. The molecule has 0 spiro atoms. The van der Waals surface area contributed by atoms with Gasteiger partial charge in [0.05, 0.1) is 16.6 Å². The van der Waals surface area contributed by atoms with Crippen LogP contribution in [0.25, 0.3) is 38.6 Å². The van der Waals surface area contributed by atoms with Gasteiger partial charge in [-0.15, -0.1) is 0 Å². The standard InChI is InChI=1S/C25H22N3/c1-17-10-8-9-15-28(17)24-18(2)22(16-19-11-4-5-12-20(19)24)25-21-13-6-7-14-23(21)26-27(25)3/h4-16H,1-3H3/q+1. The quantitative estimate of drug-likeness (QED) is 0.390. The first-order chi connectivity index (χ1) is 13.6. The van der Waals surface area contributed by atoms with Crippen molar-refractivity contribution in [3.63, 3.8) is 0 Å². The smallest absolute Gasteiger partial charge is 0.222 e. The van der Waals surface area contributed by atoms with Crippen molar-refractivity contribution < 1.29 is 4.57 Å². The molecule has 3 aromatic carbocycles. The third kappa shape index (κ3) is 2.43. The largest absolute Gasteiger partial charge is 0.267 e. The summed E-state index contributed by atoms with van der Waals surface area (Å²) in [7, 11) is 2.03. The minimum absolute atomic E-state index is 1.03. The van der Waals surface area contributed by atoms with Crippen LogP contribution in [0, 0.1) is 13.8 Å². The van der Waals surface area contributed by atoms with Gasteiger partial charge >= 0.3 is 0 Å². The van der Waals surface area contributed by atoms with Crippen LogP contribution < -0.4 is 4.57 Å². The molecule has 0 N–H and O–H groups in total. The van der Waals surface area contributed by atoms with E-state index >= 15 is 0 Å². The zero-order chi connectivity index (χ0) is 19.3. The Morgan fingerprint density at radius 1 is 0.821 bits per heavy atom. The van der Waals surface area contributed by atoms with Gasteiger partial charge in [-0.2, -0.15) is 9.67 Å². The molecule has 0 aliphatic rings. The summed E-state index contributed by atoms with van der Waals surface area (Å²) < 4.78 is 4.30. The van der Waals surface area contributed by atoms with Crippen LogP contribution in [0.3, 0.4) is 0 Å². The number of aromatic nitrogens is 3.